The molecule has 92 valence electrons. The van der Waals surface area contributed by atoms with Crippen molar-refractivity contribution in [2.45, 2.75) is 6.92 Å². The van der Waals surface area contributed by atoms with Gasteiger partial charge in [-0.25, -0.2) is 4.39 Å². The summed E-state index contributed by atoms with van der Waals surface area (Å²) in [4.78, 5) is 9.51. The average Bonchev–Trinajstić information content (AvgIpc) is 2.15. The van der Waals surface area contributed by atoms with Crippen molar-refractivity contribution in [2.24, 2.45) is 4.40 Å². The molecule has 0 heterocycles. The van der Waals surface area contributed by atoms with Crippen molar-refractivity contribution in [1.29, 1.82) is 0 Å². The maximum atomic E-state index is 13.6. The standard InChI is InChI=1S/C9H8F2N2O3S/c1-5(12-17(2)16)8-6(10)3-4-7(9(8)11)13(14)15/h3-4H,1-2H3/b12-5+/t17-/m0/s1. The summed E-state index contributed by atoms with van der Waals surface area (Å²) in [5.41, 5.74) is -1.67. The van der Waals surface area contributed by atoms with E-state index in [1.165, 1.54) is 13.2 Å². The number of nitro benzene ring substituents is 1. The van der Waals surface area contributed by atoms with Gasteiger partial charge >= 0.3 is 5.69 Å². The lowest BCUT2D eigenvalue weighted by Crippen LogP contribution is -2.08. The van der Waals surface area contributed by atoms with Crippen molar-refractivity contribution in [3.8, 4) is 0 Å². The number of halogens is 2. The van der Waals surface area contributed by atoms with Crippen LogP contribution in [0.25, 0.3) is 0 Å². The Hall–Kier alpha value is -1.54. The minimum absolute atomic E-state index is 0.190. The van der Waals surface area contributed by atoms with Gasteiger partial charge in [-0.05, 0) is 13.0 Å². The zero-order valence-electron chi connectivity index (χ0n) is 8.94. The second-order valence-electron chi connectivity index (χ2n) is 3.11. The lowest BCUT2D eigenvalue weighted by atomic mass is 10.1. The van der Waals surface area contributed by atoms with Crippen molar-refractivity contribution >= 4 is 22.8 Å². The summed E-state index contributed by atoms with van der Waals surface area (Å²) in [6.07, 6.45) is 1.22. The van der Waals surface area contributed by atoms with Gasteiger partial charge in [0.2, 0.25) is 5.82 Å². The van der Waals surface area contributed by atoms with Crippen LogP contribution >= 0.6 is 0 Å². The van der Waals surface area contributed by atoms with Gasteiger partial charge in [0.15, 0.2) is 0 Å². The Morgan fingerprint density at radius 3 is 2.53 bits per heavy atom. The normalized spacial score (nSPS) is 13.6. The summed E-state index contributed by atoms with van der Waals surface area (Å²) >= 11 is -1.65. The second-order valence-corrected chi connectivity index (χ2v) is 4.14. The Bertz CT molecular complexity index is 491. The average molecular weight is 262 g/mol. The van der Waals surface area contributed by atoms with Crippen molar-refractivity contribution in [3.63, 3.8) is 0 Å². The summed E-state index contributed by atoms with van der Waals surface area (Å²) in [5.74, 6) is -2.30. The van der Waals surface area contributed by atoms with E-state index in [1.807, 2.05) is 0 Å². The molecule has 1 aromatic carbocycles. The van der Waals surface area contributed by atoms with E-state index in [1.54, 1.807) is 0 Å². The third kappa shape index (κ3) is 2.98. The van der Waals surface area contributed by atoms with E-state index in [9.17, 15) is 23.4 Å². The van der Waals surface area contributed by atoms with Crippen molar-refractivity contribution in [2.75, 3.05) is 6.26 Å². The zero-order valence-corrected chi connectivity index (χ0v) is 9.75. The van der Waals surface area contributed by atoms with E-state index in [2.05, 4.69) is 4.40 Å². The Morgan fingerprint density at radius 2 is 2.06 bits per heavy atom. The summed E-state index contributed by atoms with van der Waals surface area (Å²) in [6, 6.07) is 1.50. The van der Waals surface area contributed by atoms with E-state index < -0.39 is 39.2 Å². The van der Waals surface area contributed by atoms with Crippen LogP contribution in [0.4, 0.5) is 14.5 Å². The highest BCUT2D eigenvalue weighted by molar-refractivity contribution is 7.89. The lowest BCUT2D eigenvalue weighted by molar-refractivity contribution is -0.387. The highest BCUT2D eigenvalue weighted by Crippen LogP contribution is 2.23. The first-order valence-corrected chi connectivity index (χ1v) is 5.87. The molecule has 0 fully saturated rings. The molecule has 17 heavy (non-hydrogen) atoms. The van der Waals surface area contributed by atoms with Crippen molar-refractivity contribution in [3.05, 3.63) is 39.4 Å². The van der Waals surface area contributed by atoms with Gasteiger partial charge in [-0.3, -0.25) is 10.1 Å². The van der Waals surface area contributed by atoms with Crippen LogP contribution < -0.4 is 0 Å². The number of hydrogen-bond acceptors (Lipinski definition) is 4. The molecule has 0 radical (unpaired) electrons. The fourth-order valence-corrected chi connectivity index (χ4v) is 1.73. The monoisotopic (exact) mass is 262 g/mol. The molecule has 1 atom stereocenters. The van der Waals surface area contributed by atoms with E-state index in [-0.39, 0.29) is 5.71 Å². The predicted octanol–water partition coefficient (Wildman–Crippen LogP) is 1.98. The van der Waals surface area contributed by atoms with Crippen LogP contribution in [-0.2, 0) is 11.4 Å². The van der Waals surface area contributed by atoms with Gasteiger partial charge in [-0.1, -0.05) is 4.40 Å². The fraction of sp³-hybridized carbons (Fsp3) is 0.222. The van der Waals surface area contributed by atoms with Gasteiger partial charge in [-0.15, -0.1) is 0 Å². The minimum atomic E-state index is -1.65. The third-order valence-corrected chi connectivity index (χ3v) is 2.43. The predicted molar refractivity (Wildman–Crippen MR) is 59.3 cm³/mol. The maximum Gasteiger partial charge on any atom is 0.305 e. The Morgan fingerprint density at radius 1 is 1.47 bits per heavy atom. The first-order chi connectivity index (χ1) is 7.84. The number of hydrogen-bond donors (Lipinski definition) is 0. The molecule has 8 heteroatoms. The van der Waals surface area contributed by atoms with E-state index >= 15 is 0 Å². The second kappa shape index (κ2) is 5.19. The van der Waals surface area contributed by atoms with Crippen LogP contribution in [0.5, 0.6) is 0 Å². The molecule has 0 N–H and O–H groups in total. The van der Waals surface area contributed by atoms with Gasteiger partial charge in [-0.2, -0.15) is 4.39 Å². The summed E-state index contributed by atoms with van der Waals surface area (Å²) < 4.78 is 41.2. The quantitative estimate of drug-likeness (QED) is 0.361. The first-order valence-electron chi connectivity index (χ1n) is 4.36. The maximum absolute atomic E-state index is 13.6. The summed E-state index contributed by atoms with van der Waals surface area (Å²) in [7, 11) is 0. The topological polar surface area (TPSA) is 78.6 Å². The summed E-state index contributed by atoms with van der Waals surface area (Å²) in [5, 5.41) is 10.5. The molecule has 0 amide bonds. The van der Waals surface area contributed by atoms with Gasteiger partial charge in [0.1, 0.15) is 17.8 Å². The third-order valence-electron chi connectivity index (χ3n) is 1.89. The van der Waals surface area contributed by atoms with Crippen LogP contribution in [0, 0.1) is 21.7 Å². The van der Waals surface area contributed by atoms with Crippen molar-refractivity contribution < 1.29 is 18.3 Å². The largest absolute Gasteiger partial charge is 0.591 e. The number of nitro groups is 1. The smallest absolute Gasteiger partial charge is 0.305 e. The molecule has 0 bridgehead atoms. The van der Waals surface area contributed by atoms with E-state index in [4.69, 9.17) is 0 Å². The summed E-state index contributed by atoms with van der Waals surface area (Å²) in [6.45, 7) is 1.23. The fourth-order valence-electron chi connectivity index (χ4n) is 1.25. The highest BCUT2D eigenvalue weighted by Gasteiger charge is 2.23. The molecule has 5 nitrogen and oxygen atoms in total. The molecular formula is C9H8F2N2O3S. The molecule has 1 rings (SSSR count). The molecule has 0 spiro atoms. The van der Waals surface area contributed by atoms with Crippen LogP contribution in [0.2, 0.25) is 0 Å². The number of nitrogens with zero attached hydrogens (tertiary/aromatic N) is 2. The van der Waals surface area contributed by atoms with Crippen LogP contribution in [-0.4, -0.2) is 21.4 Å². The van der Waals surface area contributed by atoms with Gasteiger partial charge in [0, 0.05) is 6.07 Å². The number of rotatable bonds is 3. The van der Waals surface area contributed by atoms with Crippen LogP contribution in [0.15, 0.2) is 16.5 Å². The molecule has 0 saturated heterocycles. The highest BCUT2D eigenvalue weighted by atomic mass is 32.2. The molecule has 0 unspecified atom stereocenters. The Kier molecular flexibility index (Phi) is 4.13. The molecule has 0 aliphatic rings. The molecule has 0 saturated carbocycles. The molecule has 0 aliphatic heterocycles. The first kappa shape index (κ1) is 13.5. The minimum Gasteiger partial charge on any atom is -0.591 e. The molecule has 0 aliphatic carbocycles. The van der Waals surface area contributed by atoms with Gasteiger partial charge in [0.25, 0.3) is 0 Å². The lowest BCUT2D eigenvalue weighted by Gasteiger charge is -2.04. The van der Waals surface area contributed by atoms with Crippen LogP contribution in [0.3, 0.4) is 0 Å². The van der Waals surface area contributed by atoms with Gasteiger partial charge < -0.3 is 4.55 Å². The molecular weight excluding hydrogens is 254 g/mol. The van der Waals surface area contributed by atoms with Crippen LogP contribution in [0.1, 0.15) is 12.5 Å². The van der Waals surface area contributed by atoms with E-state index in [0.717, 1.165) is 12.1 Å². The van der Waals surface area contributed by atoms with Gasteiger partial charge in [0.05, 0.1) is 21.8 Å². The van der Waals surface area contributed by atoms with E-state index in [0.29, 0.717) is 0 Å². The SMILES string of the molecule is C/C(=N\[S@+](C)[O-])c1c(F)ccc([N+](=O)[O-])c1F. The number of benzene rings is 1. The molecule has 0 aromatic heterocycles. The Balaban J connectivity index is 3.42. The zero-order chi connectivity index (χ0) is 13.2. The Labute approximate surface area is 98.6 Å². The molecule has 1 aromatic rings. The van der Waals surface area contributed by atoms with Crippen molar-refractivity contribution in [1.82, 2.24) is 0 Å².